The third kappa shape index (κ3) is 3.60. The molecule has 0 aliphatic rings. The molecular weight excluding hydrogens is 384 g/mol. The Morgan fingerprint density at radius 3 is 2.39 bits per heavy atom. The van der Waals surface area contributed by atoms with E-state index in [9.17, 15) is 19.5 Å². The van der Waals surface area contributed by atoms with Gasteiger partial charge in [0.25, 0.3) is 11.8 Å². The number of carbonyl (C=O) groups is 2. The van der Waals surface area contributed by atoms with Crippen LogP contribution in [0.4, 0.5) is 0 Å². The summed E-state index contributed by atoms with van der Waals surface area (Å²) in [7, 11) is 2.89. The van der Waals surface area contributed by atoms with Gasteiger partial charge >= 0.3 is 0 Å². The predicted octanol–water partition coefficient (Wildman–Crippen LogP) is 2.06. The summed E-state index contributed by atoms with van der Waals surface area (Å²) in [6, 6.07) is 10.7. The van der Waals surface area contributed by atoms with Crippen molar-refractivity contribution in [3.63, 3.8) is 0 Å². The molecule has 0 aliphatic heterocycles. The summed E-state index contributed by atoms with van der Waals surface area (Å²) in [6.45, 7) is 0. The number of phenols is 1. The van der Waals surface area contributed by atoms with E-state index in [0.717, 1.165) is 0 Å². The molecule has 0 saturated carbocycles. The fourth-order valence-electron chi connectivity index (χ4n) is 2.61. The Balaban J connectivity index is 1.86. The van der Waals surface area contributed by atoms with Crippen molar-refractivity contribution >= 4 is 33.9 Å². The minimum atomic E-state index is -0.689. The quantitative estimate of drug-likeness (QED) is 0.578. The number of rotatable bonds is 4. The Bertz CT molecular complexity index is 1130. The van der Waals surface area contributed by atoms with Crippen LogP contribution >= 0.6 is 11.3 Å². The van der Waals surface area contributed by atoms with Gasteiger partial charge in [0.05, 0.1) is 30.0 Å². The number of ether oxygens (including phenoxy) is 2. The molecule has 2 amide bonds. The van der Waals surface area contributed by atoms with Crippen LogP contribution < -0.4 is 25.1 Å². The first-order chi connectivity index (χ1) is 13.5. The highest BCUT2D eigenvalue weighted by atomic mass is 32.1. The van der Waals surface area contributed by atoms with E-state index < -0.39 is 11.8 Å². The van der Waals surface area contributed by atoms with E-state index in [1.165, 1.54) is 32.4 Å². The molecule has 0 aliphatic carbocycles. The number of benzene rings is 2. The number of methoxy groups -OCH3 is 2. The molecule has 1 aromatic heterocycles. The van der Waals surface area contributed by atoms with Gasteiger partial charge in [0.15, 0.2) is 11.5 Å². The number of para-hydroxylation sites is 1. The highest BCUT2D eigenvalue weighted by Crippen LogP contribution is 2.34. The lowest BCUT2D eigenvalue weighted by molar-refractivity contribution is 0.0847. The van der Waals surface area contributed by atoms with Crippen LogP contribution in [0.2, 0.25) is 0 Å². The number of phenolic OH excluding ortho intramolecular Hbond substituents is 1. The summed E-state index contributed by atoms with van der Waals surface area (Å²) < 4.78 is 10.1. The number of hydrogen-bond donors (Lipinski definition) is 3. The third-order valence-electron chi connectivity index (χ3n) is 3.93. The first-order valence-corrected chi connectivity index (χ1v) is 8.85. The summed E-state index contributed by atoms with van der Waals surface area (Å²) >= 11 is 0.710. The molecule has 0 unspecified atom stereocenters. The van der Waals surface area contributed by atoms with Crippen molar-refractivity contribution in [2.24, 2.45) is 0 Å². The second kappa shape index (κ2) is 7.97. The molecule has 144 valence electrons. The standard InChI is InChI=1S/C19H16N2O6S/c1-26-13-8-7-10-9-14(28-19(25)15(10)16(13)27-2)18(24)21-20-17(23)11-5-3-4-6-12(11)22/h3-9,22H,1-2H3,(H,20,23)(H,21,24). The lowest BCUT2D eigenvalue weighted by atomic mass is 10.1. The number of hydrogen-bond acceptors (Lipinski definition) is 7. The maximum Gasteiger partial charge on any atom is 0.279 e. The Kier molecular flexibility index (Phi) is 5.46. The van der Waals surface area contributed by atoms with Gasteiger partial charge in [-0.3, -0.25) is 25.2 Å². The largest absolute Gasteiger partial charge is 0.507 e. The van der Waals surface area contributed by atoms with Crippen molar-refractivity contribution in [2.45, 2.75) is 0 Å². The first kappa shape index (κ1) is 19.2. The van der Waals surface area contributed by atoms with Gasteiger partial charge in [-0.2, -0.15) is 0 Å². The zero-order chi connectivity index (χ0) is 20.3. The summed E-state index contributed by atoms with van der Waals surface area (Å²) in [5.41, 5.74) is 4.45. The molecule has 9 heteroatoms. The molecule has 0 saturated heterocycles. The number of carbonyl (C=O) groups excluding carboxylic acids is 2. The Morgan fingerprint density at radius 2 is 1.71 bits per heavy atom. The van der Waals surface area contributed by atoms with Crippen molar-refractivity contribution in [1.29, 1.82) is 0 Å². The molecule has 3 rings (SSSR count). The zero-order valence-corrected chi connectivity index (χ0v) is 15.8. The average molecular weight is 400 g/mol. The van der Waals surface area contributed by atoms with E-state index in [2.05, 4.69) is 10.9 Å². The number of aromatic hydroxyl groups is 1. The molecule has 28 heavy (non-hydrogen) atoms. The van der Waals surface area contributed by atoms with Crippen LogP contribution in [0.5, 0.6) is 17.2 Å². The van der Waals surface area contributed by atoms with E-state index in [0.29, 0.717) is 33.6 Å². The molecule has 2 aromatic carbocycles. The maximum absolute atomic E-state index is 12.5. The van der Waals surface area contributed by atoms with Crippen molar-refractivity contribution < 1.29 is 24.2 Å². The topological polar surface area (TPSA) is 114 Å². The fourth-order valence-corrected chi connectivity index (χ4v) is 3.46. The average Bonchev–Trinajstić information content (AvgIpc) is 2.70. The first-order valence-electron chi connectivity index (χ1n) is 8.03. The highest BCUT2D eigenvalue weighted by molar-refractivity contribution is 7.12. The molecule has 0 radical (unpaired) electrons. The van der Waals surface area contributed by atoms with E-state index >= 15 is 0 Å². The minimum absolute atomic E-state index is 0.00586. The van der Waals surface area contributed by atoms with Gasteiger partial charge in [-0.15, -0.1) is 0 Å². The number of fused-ring (bicyclic) bond motifs is 1. The molecule has 1 heterocycles. The monoisotopic (exact) mass is 400 g/mol. The van der Waals surface area contributed by atoms with Crippen LogP contribution in [0.15, 0.2) is 47.3 Å². The summed E-state index contributed by atoms with van der Waals surface area (Å²) in [4.78, 5) is 37.1. The van der Waals surface area contributed by atoms with Gasteiger partial charge in [-0.1, -0.05) is 29.5 Å². The normalized spacial score (nSPS) is 10.4. The summed E-state index contributed by atoms with van der Waals surface area (Å²) in [5, 5.41) is 10.5. The molecule has 8 nitrogen and oxygen atoms in total. The second-order valence-corrected chi connectivity index (χ2v) is 6.60. The van der Waals surface area contributed by atoms with Crippen LogP contribution in [0.1, 0.15) is 20.0 Å². The summed E-state index contributed by atoms with van der Waals surface area (Å²) in [5.74, 6) is -0.869. The van der Waals surface area contributed by atoms with Gasteiger partial charge in [0.2, 0.25) is 4.74 Å². The Morgan fingerprint density at radius 1 is 1.00 bits per heavy atom. The molecular formula is C19H16N2O6S. The smallest absolute Gasteiger partial charge is 0.279 e. The van der Waals surface area contributed by atoms with Gasteiger partial charge in [0, 0.05) is 0 Å². The van der Waals surface area contributed by atoms with Gasteiger partial charge < -0.3 is 14.6 Å². The maximum atomic E-state index is 12.5. The lowest BCUT2D eigenvalue weighted by Gasteiger charge is -2.11. The van der Waals surface area contributed by atoms with Crippen LogP contribution in [0, 0.1) is 0 Å². The molecule has 3 aromatic rings. The second-order valence-electron chi connectivity index (χ2n) is 5.59. The van der Waals surface area contributed by atoms with Gasteiger partial charge in [-0.05, 0) is 29.7 Å². The van der Waals surface area contributed by atoms with Crippen molar-refractivity contribution in [3.05, 3.63) is 62.4 Å². The fraction of sp³-hybridized carbons (Fsp3) is 0.105. The molecule has 0 bridgehead atoms. The SMILES string of the molecule is COc1ccc2cc(C(=O)NNC(=O)c3ccccc3O)sc(=O)c2c1OC. The minimum Gasteiger partial charge on any atom is -0.507 e. The summed E-state index contributed by atoms with van der Waals surface area (Å²) in [6.07, 6.45) is 0. The van der Waals surface area contributed by atoms with Crippen molar-refractivity contribution in [2.75, 3.05) is 14.2 Å². The van der Waals surface area contributed by atoms with E-state index in [1.54, 1.807) is 24.3 Å². The number of amides is 2. The Hall–Kier alpha value is -3.59. The van der Waals surface area contributed by atoms with Crippen molar-refractivity contribution in [3.8, 4) is 17.2 Å². The highest BCUT2D eigenvalue weighted by Gasteiger charge is 2.17. The van der Waals surface area contributed by atoms with Crippen LogP contribution in [-0.4, -0.2) is 31.1 Å². The number of nitrogens with one attached hydrogen (secondary N) is 2. The molecule has 0 spiro atoms. The Labute approximate surface area is 163 Å². The third-order valence-corrected chi connectivity index (χ3v) is 4.85. The number of hydrazine groups is 1. The van der Waals surface area contributed by atoms with Crippen molar-refractivity contribution in [1.82, 2.24) is 10.9 Å². The zero-order valence-electron chi connectivity index (χ0n) is 14.9. The van der Waals surface area contributed by atoms with Gasteiger partial charge in [0.1, 0.15) is 5.75 Å². The lowest BCUT2D eigenvalue weighted by Crippen LogP contribution is -2.41. The van der Waals surface area contributed by atoms with Gasteiger partial charge in [-0.25, -0.2) is 0 Å². The van der Waals surface area contributed by atoms with Crippen LogP contribution in [0.3, 0.4) is 0 Å². The molecule has 3 N–H and O–H groups in total. The van der Waals surface area contributed by atoms with E-state index in [1.807, 2.05) is 0 Å². The van der Waals surface area contributed by atoms with E-state index in [-0.39, 0.29) is 20.9 Å². The molecule has 0 fully saturated rings. The van der Waals surface area contributed by atoms with Crippen LogP contribution in [-0.2, 0) is 0 Å². The molecule has 0 atom stereocenters. The predicted molar refractivity (Wildman–Crippen MR) is 104 cm³/mol. The van der Waals surface area contributed by atoms with Crippen LogP contribution in [0.25, 0.3) is 10.8 Å². The van der Waals surface area contributed by atoms with E-state index in [4.69, 9.17) is 9.47 Å².